The third kappa shape index (κ3) is 4.35. The summed E-state index contributed by atoms with van der Waals surface area (Å²) >= 11 is 5.89. The summed E-state index contributed by atoms with van der Waals surface area (Å²) in [4.78, 5) is 14.0. The molecule has 31 heavy (non-hydrogen) atoms. The molecule has 0 bridgehead atoms. The van der Waals surface area contributed by atoms with Crippen LogP contribution in [0.1, 0.15) is 45.2 Å². The van der Waals surface area contributed by atoms with Crippen molar-refractivity contribution in [2.45, 2.75) is 45.5 Å². The van der Waals surface area contributed by atoms with Gasteiger partial charge in [0.2, 0.25) is 0 Å². The monoisotopic (exact) mass is 445 g/mol. The van der Waals surface area contributed by atoms with Crippen molar-refractivity contribution in [1.29, 1.82) is 0 Å². The average Bonchev–Trinajstić information content (AvgIpc) is 3.03. The smallest absolute Gasteiger partial charge is 0.410 e. The topological polar surface area (TPSA) is 48.0 Å². The van der Waals surface area contributed by atoms with Crippen molar-refractivity contribution in [3.05, 3.63) is 64.4 Å². The van der Waals surface area contributed by atoms with E-state index in [9.17, 15) is 9.18 Å². The summed E-state index contributed by atoms with van der Waals surface area (Å²) in [5.74, 6) is -0.680. The molecule has 5 nitrogen and oxygen atoms in total. The van der Waals surface area contributed by atoms with Gasteiger partial charge in [-0.25, -0.2) is 9.18 Å². The van der Waals surface area contributed by atoms with Gasteiger partial charge in [-0.2, -0.15) is 0 Å². The average molecular weight is 446 g/mol. The Morgan fingerprint density at radius 1 is 1.23 bits per heavy atom. The lowest BCUT2D eigenvalue weighted by molar-refractivity contribution is -0.0708. The number of rotatable bonds is 2. The maximum absolute atomic E-state index is 14.6. The van der Waals surface area contributed by atoms with Crippen LogP contribution in [-0.2, 0) is 10.5 Å². The molecule has 0 spiro atoms. The number of carbonyl (C=O) groups excluding carboxylic acids is 1. The summed E-state index contributed by atoms with van der Waals surface area (Å²) in [6, 6.07) is 10.0. The van der Waals surface area contributed by atoms with Crippen molar-refractivity contribution in [2.75, 3.05) is 13.1 Å². The van der Waals surface area contributed by atoms with E-state index < -0.39 is 17.2 Å². The first-order valence-electron chi connectivity index (χ1n) is 10.2. The number of amides is 1. The number of ether oxygens (including phenoxy) is 3. The highest BCUT2D eigenvalue weighted by Crippen LogP contribution is 2.49. The lowest BCUT2D eigenvalue weighted by Gasteiger charge is -2.30. The van der Waals surface area contributed by atoms with Gasteiger partial charge in [0.05, 0.1) is 5.56 Å². The van der Waals surface area contributed by atoms with Crippen LogP contribution in [0.3, 0.4) is 0 Å². The van der Waals surface area contributed by atoms with Crippen molar-refractivity contribution in [3.63, 3.8) is 0 Å². The summed E-state index contributed by atoms with van der Waals surface area (Å²) in [5, 5.41) is 0.308. The first kappa shape index (κ1) is 21.5. The van der Waals surface area contributed by atoms with Crippen LogP contribution < -0.4 is 9.47 Å². The van der Waals surface area contributed by atoms with Crippen LogP contribution in [0.2, 0.25) is 5.02 Å². The van der Waals surface area contributed by atoms with Crippen molar-refractivity contribution >= 4 is 23.3 Å². The van der Waals surface area contributed by atoms with Gasteiger partial charge in [0.25, 0.3) is 5.79 Å². The largest absolute Gasteiger partial charge is 0.444 e. The molecule has 2 aliphatic heterocycles. The van der Waals surface area contributed by atoms with Gasteiger partial charge in [-0.15, -0.1) is 0 Å². The Bertz CT molecular complexity index is 1060. The fourth-order valence-electron chi connectivity index (χ4n) is 3.75. The second-order valence-electron chi connectivity index (χ2n) is 8.81. The van der Waals surface area contributed by atoms with Crippen molar-refractivity contribution in [1.82, 2.24) is 4.90 Å². The Kier molecular flexibility index (Phi) is 5.38. The number of halogens is 2. The van der Waals surface area contributed by atoms with Gasteiger partial charge in [-0.1, -0.05) is 29.8 Å². The van der Waals surface area contributed by atoms with Crippen LogP contribution >= 0.6 is 11.6 Å². The number of para-hydroxylation sites is 1. The molecular weight excluding hydrogens is 421 g/mol. The Morgan fingerprint density at radius 3 is 2.65 bits per heavy atom. The van der Waals surface area contributed by atoms with Crippen LogP contribution in [0.5, 0.6) is 11.5 Å². The highest BCUT2D eigenvalue weighted by molar-refractivity contribution is 6.30. The summed E-state index contributed by atoms with van der Waals surface area (Å²) in [5.41, 5.74) is 1.65. The Balaban J connectivity index is 1.57. The Labute approximate surface area is 186 Å². The van der Waals surface area contributed by atoms with E-state index in [2.05, 4.69) is 0 Å². The standard InChI is InChI=1S/C24H25ClFNO4/c1-23(2,3)31-22(28)27-12-10-15(11-13-27)17-6-5-7-20-21(17)30-24(4,29-20)18-9-8-16(25)14-19(18)26/h5-10,14H,11-13H2,1-4H3/t24-/m1/s1. The SMILES string of the molecule is CC(C)(C)OC(=O)N1CC=C(c2cccc3c2O[C@](C)(c2ccc(Cl)cc2F)O3)CC1. The quantitative estimate of drug-likeness (QED) is 0.556. The van der Waals surface area contributed by atoms with Crippen molar-refractivity contribution < 1.29 is 23.4 Å². The number of carbonyl (C=O) groups is 1. The molecule has 0 aliphatic carbocycles. The van der Waals surface area contributed by atoms with Crippen molar-refractivity contribution in [2.24, 2.45) is 0 Å². The molecule has 2 aliphatic rings. The highest BCUT2D eigenvalue weighted by atomic mass is 35.5. The predicted octanol–water partition coefficient (Wildman–Crippen LogP) is 6.15. The molecule has 0 unspecified atom stereocenters. The fraction of sp³-hybridized carbons (Fsp3) is 0.375. The zero-order chi connectivity index (χ0) is 22.4. The van der Waals surface area contributed by atoms with Gasteiger partial charge < -0.3 is 19.1 Å². The van der Waals surface area contributed by atoms with Crippen LogP contribution in [-0.4, -0.2) is 29.7 Å². The molecule has 0 radical (unpaired) electrons. The molecule has 164 valence electrons. The van der Waals surface area contributed by atoms with Gasteiger partial charge in [-0.3, -0.25) is 0 Å². The van der Waals surface area contributed by atoms with E-state index in [4.69, 9.17) is 25.8 Å². The summed E-state index contributed by atoms with van der Waals surface area (Å²) in [7, 11) is 0. The van der Waals surface area contributed by atoms with Gasteiger partial charge in [-0.05, 0) is 57.0 Å². The van der Waals surface area contributed by atoms with E-state index in [1.165, 1.54) is 6.07 Å². The second-order valence-corrected chi connectivity index (χ2v) is 9.25. The van der Waals surface area contributed by atoms with Gasteiger partial charge in [0.15, 0.2) is 11.5 Å². The molecular formula is C24H25ClFNO4. The number of nitrogens with zero attached hydrogens (tertiary/aromatic N) is 1. The zero-order valence-corrected chi connectivity index (χ0v) is 18.8. The van der Waals surface area contributed by atoms with E-state index in [1.54, 1.807) is 30.0 Å². The maximum Gasteiger partial charge on any atom is 0.410 e. The number of benzene rings is 2. The highest BCUT2D eigenvalue weighted by Gasteiger charge is 2.42. The Morgan fingerprint density at radius 2 is 2.00 bits per heavy atom. The third-order valence-corrected chi connectivity index (χ3v) is 5.44. The van der Waals surface area contributed by atoms with E-state index in [1.807, 2.05) is 39.0 Å². The minimum absolute atomic E-state index is 0.271. The van der Waals surface area contributed by atoms with Gasteiger partial charge in [0.1, 0.15) is 11.4 Å². The van der Waals surface area contributed by atoms with E-state index in [-0.39, 0.29) is 11.7 Å². The summed E-state index contributed by atoms with van der Waals surface area (Å²) < 4.78 is 32.2. The molecule has 0 N–H and O–H groups in total. The lowest BCUT2D eigenvalue weighted by atomic mass is 9.98. The number of hydrogen-bond donors (Lipinski definition) is 0. The molecule has 0 saturated carbocycles. The normalized spacial score (nSPS) is 20.5. The van der Waals surface area contributed by atoms with Crippen LogP contribution in [0.15, 0.2) is 42.5 Å². The van der Waals surface area contributed by atoms with Gasteiger partial charge >= 0.3 is 6.09 Å². The molecule has 0 saturated heterocycles. The molecule has 1 atom stereocenters. The van der Waals surface area contributed by atoms with E-state index in [0.29, 0.717) is 36.0 Å². The molecule has 7 heteroatoms. The number of hydrogen-bond acceptors (Lipinski definition) is 4. The minimum atomic E-state index is -1.30. The van der Waals surface area contributed by atoms with Crippen LogP contribution in [0.25, 0.3) is 5.57 Å². The molecule has 2 aromatic rings. The van der Waals surface area contributed by atoms with Crippen molar-refractivity contribution in [3.8, 4) is 11.5 Å². The van der Waals surface area contributed by atoms with Crippen LogP contribution in [0.4, 0.5) is 9.18 Å². The minimum Gasteiger partial charge on any atom is -0.444 e. The third-order valence-electron chi connectivity index (χ3n) is 5.21. The molecule has 0 fully saturated rings. The maximum atomic E-state index is 14.6. The summed E-state index contributed by atoms with van der Waals surface area (Å²) in [6.45, 7) is 8.21. The second kappa shape index (κ2) is 7.75. The molecule has 2 heterocycles. The molecule has 4 rings (SSSR count). The lowest BCUT2D eigenvalue weighted by Crippen LogP contribution is -2.39. The first-order valence-corrected chi connectivity index (χ1v) is 10.6. The fourth-order valence-corrected chi connectivity index (χ4v) is 3.91. The van der Waals surface area contributed by atoms with E-state index >= 15 is 0 Å². The molecule has 1 amide bonds. The first-order chi connectivity index (χ1) is 14.6. The predicted molar refractivity (Wildman–Crippen MR) is 117 cm³/mol. The molecule has 0 aromatic heterocycles. The van der Waals surface area contributed by atoms with Gasteiger partial charge in [0, 0.05) is 30.6 Å². The number of fused-ring (bicyclic) bond motifs is 1. The van der Waals surface area contributed by atoms with Crippen LogP contribution in [0, 0.1) is 5.82 Å². The zero-order valence-electron chi connectivity index (χ0n) is 18.0. The van der Waals surface area contributed by atoms with E-state index in [0.717, 1.165) is 11.1 Å². The summed E-state index contributed by atoms with van der Waals surface area (Å²) in [6.07, 6.45) is 2.31. The molecule has 2 aromatic carbocycles. The Hall–Kier alpha value is -2.73.